The Morgan fingerprint density at radius 1 is 1.27 bits per heavy atom. The highest BCUT2D eigenvalue weighted by molar-refractivity contribution is 6.02. The molecule has 0 bridgehead atoms. The predicted molar refractivity (Wildman–Crippen MR) is 135 cm³/mol. The van der Waals surface area contributed by atoms with Crippen molar-refractivity contribution in [1.82, 2.24) is 20.5 Å². The van der Waals surface area contributed by atoms with Gasteiger partial charge in [0.25, 0.3) is 5.91 Å². The van der Waals surface area contributed by atoms with E-state index in [1.165, 1.54) is 0 Å². The fourth-order valence-electron chi connectivity index (χ4n) is 6.45. The van der Waals surface area contributed by atoms with E-state index in [0.717, 1.165) is 30.2 Å². The van der Waals surface area contributed by atoms with Gasteiger partial charge in [0.2, 0.25) is 11.8 Å². The van der Waals surface area contributed by atoms with Gasteiger partial charge in [0.15, 0.2) is 5.78 Å². The number of aliphatic hydroxyl groups excluding tert-OH is 1. The van der Waals surface area contributed by atoms with E-state index in [2.05, 4.69) is 15.6 Å². The molecule has 2 aromatic rings. The van der Waals surface area contributed by atoms with Crippen LogP contribution in [0.25, 0.3) is 10.9 Å². The molecule has 10 heteroatoms. The lowest BCUT2D eigenvalue weighted by Gasteiger charge is -2.29. The van der Waals surface area contributed by atoms with Gasteiger partial charge in [-0.2, -0.15) is 0 Å². The predicted octanol–water partition coefficient (Wildman–Crippen LogP) is 1.24. The second-order valence-electron chi connectivity index (χ2n) is 10.6. The highest BCUT2D eigenvalue weighted by atomic mass is 16.5. The number of rotatable bonds is 8. The van der Waals surface area contributed by atoms with Crippen LogP contribution < -0.4 is 15.4 Å². The van der Waals surface area contributed by atoms with Crippen LogP contribution >= 0.6 is 0 Å². The minimum atomic E-state index is -0.997. The quantitative estimate of drug-likeness (QED) is 0.421. The molecule has 3 heterocycles. The summed E-state index contributed by atoms with van der Waals surface area (Å²) in [6, 6.07) is 5.55. The van der Waals surface area contributed by atoms with E-state index < -0.39 is 36.3 Å². The zero-order valence-electron chi connectivity index (χ0n) is 21.2. The van der Waals surface area contributed by atoms with Crippen LogP contribution in [0.15, 0.2) is 24.3 Å². The molecule has 6 atom stereocenters. The maximum absolute atomic E-state index is 13.7. The third-order valence-electron chi connectivity index (χ3n) is 8.47. The molecular weight excluding hydrogens is 476 g/mol. The molecule has 1 saturated carbocycles. The number of nitrogens with one attached hydrogen (secondary N) is 3. The minimum absolute atomic E-state index is 0.00134. The number of carbonyl (C=O) groups excluding carboxylic acids is 4. The van der Waals surface area contributed by atoms with Gasteiger partial charge in [0.05, 0.1) is 13.2 Å². The summed E-state index contributed by atoms with van der Waals surface area (Å²) in [6.45, 7) is 2.17. The van der Waals surface area contributed by atoms with E-state index in [9.17, 15) is 24.3 Å². The number of methoxy groups -OCH3 is 1. The molecule has 37 heavy (non-hydrogen) atoms. The van der Waals surface area contributed by atoms with Crippen LogP contribution in [0.1, 0.15) is 43.1 Å². The van der Waals surface area contributed by atoms with E-state index in [4.69, 9.17) is 4.74 Å². The Labute approximate surface area is 215 Å². The Kier molecular flexibility index (Phi) is 6.94. The lowest BCUT2D eigenvalue weighted by Crippen LogP contribution is -2.54. The molecule has 198 valence electrons. The lowest BCUT2D eigenvalue weighted by molar-refractivity contribution is -0.133. The summed E-state index contributed by atoms with van der Waals surface area (Å²) < 4.78 is 5.42. The van der Waals surface area contributed by atoms with E-state index in [1.807, 2.05) is 25.1 Å². The van der Waals surface area contributed by atoms with Gasteiger partial charge in [-0.1, -0.05) is 19.4 Å². The number of carbonyl (C=O) groups is 4. The molecule has 6 unspecified atom stereocenters. The van der Waals surface area contributed by atoms with Crippen molar-refractivity contribution in [3.8, 4) is 5.75 Å². The summed E-state index contributed by atoms with van der Waals surface area (Å²) >= 11 is 0. The molecule has 1 aromatic carbocycles. The fourth-order valence-corrected chi connectivity index (χ4v) is 6.45. The number of H-pyrrole nitrogens is 1. The number of nitrogens with zero attached hydrogens (tertiary/aromatic N) is 1. The van der Waals surface area contributed by atoms with Gasteiger partial charge in [0.1, 0.15) is 24.1 Å². The molecule has 4 N–H and O–H groups in total. The number of aromatic nitrogens is 1. The first kappa shape index (κ1) is 25.3. The van der Waals surface area contributed by atoms with Crippen molar-refractivity contribution in [2.24, 2.45) is 23.7 Å². The van der Waals surface area contributed by atoms with Crippen LogP contribution in [0, 0.1) is 23.7 Å². The molecule has 1 aliphatic carbocycles. The smallest absolute Gasteiger partial charge is 0.271 e. The summed E-state index contributed by atoms with van der Waals surface area (Å²) in [5.74, 6) is -0.926. The number of hydrogen-bond donors (Lipinski definition) is 4. The van der Waals surface area contributed by atoms with Crippen molar-refractivity contribution in [2.45, 2.75) is 44.7 Å². The van der Waals surface area contributed by atoms with Crippen LogP contribution in [0.5, 0.6) is 5.75 Å². The van der Waals surface area contributed by atoms with Crippen LogP contribution in [0.2, 0.25) is 0 Å². The maximum Gasteiger partial charge on any atom is 0.271 e. The largest absolute Gasteiger partial charge is 0.496 e. The summed E-state index contributed by atoms with van der Waals surface area (Å²) in [4.78, 5) is 57.1. The molecular formula is C27H34N4O6. The van der Waals surface area contributed by atoms with Crippen molar-refractivity contribution < 1.29 is 29.0 Å². The molecule has 0 radical (unpaired) electrons. The molecule has 0 spiro atoms. The van der Waals surface area contributed by atoms with Crippen LogP contribution in [-0.4, -0.2) is 77.4 Å². The SMILES string of the molecule is COc1cccc2[nH]c(C(=O)N3CC4CCCC4C3C(=O)NC(CC3C(=O)NCC3C)C(=O)CO)cc12. The number of Topliss-reactive ketones (excluding diaryl/α,β-unsaturated/α-hetero) is 1. The highest BCUT2D eigenvalue weighted by Gasteiger charge is 2.50. The number of aromatic amines is 1. The van der Waals surface area contributed by atoms with Gasteiger partial charge in [-0.3, -0.25) is 19.2 Å². The zero-order valence-corrected chi connectivity index (χ0v) is 21.2. The van der Waals surface area contributed by atoms with Gasteiger partial charge < -0.3 is 30.4 Å². The van der Waals surface area contributed by atoms with Crippen molar-refractivity contribution in [2.75, 3.05) is 26.8 Å². The molecule has 5 rings (SSSR count). The van der Waals surface area contributed by atoms with Crippen molar-refractivity contribution in [3.05, 3.63) is 30.0 Å². The van der Waals surface area contributed by atoms with Gasteiger partial charge in [-0.05, 0) is 55.2 Å². The molecule has 10 nitrogen and oxygen atoms in total. The van der Waals surface area contributed by atoms with Crippen LogP contribution in [0.3, 0.4) is 0 Å². The Morgan fingerprint density at radius 2 is 2.08 bits per heavy atom. The second-order valence-corrected chi connectivity index (χ2v) is 10.6. The van der Waals surface area contributed by atoms with Gasteiger partial charge in [-0.25, -0.2) is 0 Å². The summed E-state index contributed by atoms with van der Waals surface area (Å²) in [6.07, 6.45) is 2.88. The molecule has 1 aromatic heterocycles. The first-order chi connectivity index (χ1) is 17.8. The monoisotopic (exact) mass is 510 g/mol. The number of aliphatic hydroxyl groups is 1. The van der Waals surface area contributed by atoms with Crippen molar-refractivity contribution in [3.63, 3.8) is 0 Å². The van der Waals surface area contributed by atoms with Crippen molar-refractivity contribution >= 4 is 34.4 Å². The number of ether oxygens (including phenoxy) is 1. The second kappa shape index (κ2) is 10.2. The van der Waals surface area contributed by atoms with E-state index in [1.54, 1.807) is 18.1 Å². The standard InChI is InChI=1S/C27H34N4O6/c1-14-11-28-25(34)17(14)9-20(22(33)13-32)30-26(35)24-16-6-3-5-15(16)12-31(24)27(36)21-10-18-19(29-21)7-4-8-23(18)37-2/h4,7-8,10,14-17,20,24,29,32H,3,5-6,9,11-13H2,1-2H3,(H,28,34)(H,30,35). The van der Waals surface area contributed by atoms with Gasteiger partial charge in [-0.15, -0.1) is 0 Å². The summed E-state index contributed by atoms with van der Waals surface area (Å²) in [7, 11) is 1.57. The molecule has 2 saturated heterocycles. The highest BCUT2D eigenvalue weighted by Crippen LogP contribution is 2.43. The summed E-state index contributed by atoms with van der Waals surface area (Å²) in [5, 5.41) is 16.0. The Morgan fingerprint density at radius 3 is 2.78 bits per heavy atom. The fraction of sp³-hybridized carbons (Fsp3) is 0.556. The maximum atomic E-state index is 13.7. The van der Waals surface area contributed by atoms with E-state index in [-0.39, 0.29) is 36.0 Å². The van der Waals surface area contributed by atoms with E-state index in [0.29, 0.717) is 24.5 Å². The number of ketones is 1. The Balaban J connectivity index is 1.40. The molecule has 3 amide bonds. The van der Waals surface area contributed by atoms with Gasteiger partial charge in [0, 0.05) is 29.9 Å². The zero-order chi connectivity index (χ0) is 26.3. The summed E-state index contributed by atoms with van der Waals surface area (Å²) in [5.41, 5.74) is 1.14. The topological polar surface area (TPSA) is 141 Å². The lowest BCUT2D eigenvalue weighted by atomic mass is 9.88. The number of fused-ring (bicyclic) bond motifs is 2. The Bertz CT molecular complexity index is 1220. The van der Waals surface area contributed by atoms with Crippen molar-refractivity contribution in [1.29, 1.82) is 0 Å². The normalized spacial score (nSPS) is 27.7. The Hall–Kier alpha value is -3.40. The van der Waals surface area contributed by atoms with E-state index >= 15 is 0 Å². The number of likely N-dealkylation sites (tertiary alicyclic amines) is 1. The first-order valence-electron chi connectivity index (χ1n) is 13.0. The third kappa shape index (κ3) is 4.58. The average molecular weight is 511 g/mol. The van der Waals surface area contributed by atoms with Gasteiger partial charge >= 0.3 is 0 Å². The molecule has 2 aliphatic heterocycles. The molecule has 3 fully saturated rings. The third-order valence-corrected chi connectivity index (χ3v) is 8.47. The number of benzene rings is 1. The first-order valence-corrected chi connectivity index (χ1v) is 13.0. The number of hydrogen-bond acceptors (Lipinski definition) is 6. The number of amides is 3. The molecule has 3 aliphatic rings. The van der Waals surface area contributed by atoms with Crippen LogP contribution in [-0.2, 0) is 14.4 Å². The average Bonchev–Trinajstić information content (AvgIpc) is 3.67. The minimum Gasteiger partial charge on any atom is -0.496 e. The van der Waals surface area contributed by atoms with Crippen LogP contribution in [0.4, 0.5) is 0 Å².